The Kier molecular flexibility index (Phi) is 10.9. The highest BCUT2D eigenvalue weighted by Crippen LogP contribution is 2.33. The smallest absolute Gasteiger partial charge is 0.325 e. The zero-order valence-corrected chi connectivity index (χ0v) is 23.8. The molecule has 6 nitrogen and oxygen atoms in total. The number of hydrogen-bond acceptors (Lipinski definition) is 5. The minimum absolute atomic E-state index is 0.205. The zero-order chi connectivity index (χ0) is 23.9. The zero-order valence-electron chi connectivity index (χ0n) is 20.8. The fraction of sp³-hybridized carbons (Fsp3) is 0.818. The fourth-order valence-corrected chi connectivity index (χ4v) is 17.4. The molecule has 0 aromatic carbocycles. The molecule has 3 atom stereocenters. The van der Waals surface area contributed by atoms with Gasteiger partial charge in [0.1, 0.15) is 12.6 Å². The summed E-state index contributed by atoms with van der Waals surface area (Å²) >= 11 is 0. The lowest BCUT2D eigenvalue weighted by Crippen LogP contribution is -2.45. The first-order valence-electron chi connectivity index (χ1n) is 11.6. The topological polar surface area (TPSA) is 84.9 Å². The summed E-state index contributed by atoms with van der Waals surface area (Å²) in [6.45, 7) is 19.8. The molecule has 0 bridgehead atoms. The summed E-state index contributed by atoms with van der Waals surface area (Å²) in [5.41, 5.74) is 0. The van der Waals surface area contributed by atoms with Crippen LogP contribution in [0.25, 0.3) is 0 Å². The van der Waals surface area contributed by atoms with Gasteiger partial charge in [-0.3, -0.25) is 9.59 Å². The third kappa shape index (κ3) is 12.2. The van der Waals surface area contributed by atoms with Crippen LogP contribution >= 0.6 is 0 Å². The van der Waals surface area contributed by atoms with Crippen molar-refractivity contribution in [2.75, 3.05) is 6.54 Å². The summed E-state index contributed by atoms with van der Waals surface area (Å²) in [6.07, 6.45) is 3.28. The molecule has 0 saturated heterocycles. The van der Waals surface area contributed by atoms with Crippen molar-refractivity contribution in [3.8, 4) is 0 Å². The van der Waals surface area contributed by atoms with Crippen molar-refractivity contribution < 1.29 is 23.5 Å². The third-order valence-corrected chi connectivity index (χ3v) is 15.5. The molecule has 1 aliphatic rings. The minimum atomic E-state index is -1.77. The maximum absolute atomic E-state index is 12.0. The monoisotopic (exact) mass is 487 g/mol. The molecule has 9 heteroatoms. The van der Waals surface area contributed by atoms with E-state index in [1.54, 1.807) is 0 Å². The molecular formula is C22H45NO5Si3. The lowest BCUT2D eigenvalue weighted by atomic mass is 9.84. The van der Waals surface area contributed by atoms with Crippen molar-refractivity contribution in [3.63, 3.8) is 0 Å². The van der Waals surface area contributed by atoms with Gasteiger partial charge in [-0.15, -0.1) is 0 Å². The maximum atomic E-state index is 12.0. The molecule has 0 aliphatic heterocycles. The lowest BCUT2D eigenvalue weighted by molar-refractivity contribution is -0.158. The number of ether oxygens (including phenoxy) is 1. The molecule has 1 fully saturated rings. The quantitative estimate of drug-likeness (QED) is 0.240. The highest BCUT2D eigenvalue weighted by molar-refractivity contribution is 6.86. The molecule has 0 heterocycles. The van der Waals surface area contributed by atoms with Gasteiger partial charge in [0, 0.05) is 8.07 Å². The van der Waals surface area contributed by atoms with Crippen LogP contribution < -0.4 is 5.32 Å². The van der Waals surface area contributed by atoms with Gasteiger partial charge >= 0.3 is 5.97 Å². The van der Waals surface area contributed by atoms with E-state index >= 15 is 0 Å². The number of carbonyl (C=O) groups excluding carboxylic acids is 2. The van der Waals surface area contributed by atoms with Crippen LogP contribution in [0, 0.1) is 5.92 Å². The maximum Gasteiger partial charge on any atom is 0.325 e. The largest absolute Gasteiger partial charge is 0.458 e. The highest BCUT2D eigenvalue weighted by atomic mass is 28.4. The molecule has 0 spiro atoms. The molecule has 1 aliphatic carbocycles. The second-order valence-corrected chi connectivity index (χ2v) is 25.9. The van der Waals surface area contributed by atoms with Crippen LogP contribution in [0.4, 0.5) is 0 Å². The predicted octanol–water partition coefficient (Wildman–Crippen LogP) is 4.52. The van der Waals surface area contributed by atoms with Gasteiger partial charge in [-0.1, -0.05) is 38.7 Å². The Balaban J connectivity index is 2.51. The first-order valence-corrected chi connectivity index (χ1v) is 21.5. The van der Waals surface area contributed by atoms with Gasteiger partial charge in [0.15, 0.2) is 16.6 Å². The number of esters is 1. The van der Waals surface area contributed by atoms with Gasteiger partial charge in [-0.25, -0.2) is 0 Å². The van der Waals surface area contributed by atoms with Crippen LogP contribution in [0.5, 0.6) is 0 Å². The molecule has 3 unspecified atom stereocenters. The van der Waals surface area contributed by atoms with Gasteiger partial charge in [0.05, 0.1) is 6.10 Å². The van der Waals surface area contributed by atoms with Crippen molar-refractivity contribution in [2.45, 2.75) is 102 Å². The highest BCUT2D eigenvalue weighted by Gasteiger charge is 2.36. The van der Waals surface area contributed by atoms with E-state index in [0.717, 1.165) is 25.0 Å². The van der Waals surface area contributed by atoms with Crippen LogP contribution in [0.15, 0.2) is 12.7 Å². The molecule has 1 saturated carbocycles. The van der Waals surface area contributed by atoms with Crippen molar-refractivity contribution in [1.82, 2.24) is 5.32 Å². The Morgan fingerprint density at radius 3 is 2.23 bits per heavy atom. The molecule has 0 aromatic heterocycles. The number of amides is 1. The summed E-state index contributed by atoms with van der Waals surface area (Å²) in [5, 5.41) is 12.7. The van der Waals surface area contributed by atoms with E-state index in [0.29, 0.717) is 18.8 Å². The van der Waals surface area contributed by atoms with Crippen LogP contribution in [0.3, 0.4) is 0 Å². The number of hydrogen-bond donors (Lipinski definition) is 2. The average Bonchev–Trinajstić information content (AvgIpc) is 2.64. The van der Waals surface area contributed by atoms with Gasteiger partial charge in [0.25, 0.3) is 0 Å². The fourth-order valence-electron chi connectivity index (χ4n) is 4.10. The van der Waals surface area contributed by atoms with E-state index in [-0.39, 0.29) is 6.54 Å². The molecule has 31 heavy (non-hydrogen) atoms. The summed E-state index contributed by atoms with van der Waals surface area (Å²) in [4.78, 5) is 23.2. The van der Waals surface area contributed by atoms with E-state index in [1.165, 1.54) is 12.1 Å². The van der Waals surface area contributed by atoms with Crippen molar-refractivity contribution in [1.29, 1.82) is 0 Å². The van der Waals surface area contributed by atoms with Crippen molar-refractivity contribution in [3.05, 3.63) is 12.7 Å². The molecule has 1 rings (SSSR count). The normalized spacial score (nSPS) is 22.6. The van der Waals surface area contributed by atoms with Crippen LogP contribution in [0.2, 0.25) is 64.0 Å². The standard InChI is InChI=1S/C22H45NO5Si3/c1-9-21(25)23-17-22(26)27-20-16-18(10-11-19(20)24)12-13-30(5,6)28-31(7,8)15-14-29(2,3)4/h9,18-20,24H,1,10-17H2,2-8H3,(H,23,25). The van der Waals surface area contributed by atoms with E-state index in [1.807, 2.05) is 0 Å². The molecule has 0 radical (unpaired) electrons. The SMILES string of the molecule is C=CC(=O)NCC(=O)OC1CC(CC[Si](C)(C)O[Si](C)(C)CC[Si](C)(C)C)CCC1O. The first kappa shape index (κ1) is 28.3. The summed E-state index contributed by atoms with van der Waals surface area (Å²) in [7, 11) is -4.48. The Hall–Kier alpha value is -0.749. The van der Waals surface area contributed by atoms with Crippen molar-refractivity contribution >= 4 is 36.6 Å². The molecule has 1 amide bonds. The summed E-state index contributed by atoms with van der Waals surface area (Å²) < 4.78 is 12.3. The second-order valence-electron chi connectivity index (χ2n) is 11.4. The van der Waals surface area contributed by atoms with Gasteiger partial charge in [0.2, 0.25) is 5.91 Å². The second kappa shape index (κ2) is 11.9. The molecule has 2 N–H and O–H groups in total. The van der Waals surface area contributed by atoms with Crippen LogP contribution in [-0.4, -0.2) is 60.4 Å². The summed E-state index contributed by atoms with van der Waals surface area (Å²) in [5.74, 6) is -0.512. The molecule has 0 aromatic rings. The Bertz CT molecular complexity index is 619. The summed E-state index contributed by atoms with van der Waals surface area (Å²) in [6, 6.07) is 3.67. The lowest BCUT2D eigenvalue weighted by Gasteiger charge is -2.37. The van der Waals surface area contributed by atoms with E-state index in [9.17, 15) is 14.7 Å². The third-order valence-electron chi connectivity index (χ3n) is 5.92. The number of nitrogens with one attached hydrogen (secondary N) is 1. The number of rotatable bonds is 12. The van der Waals surface area contributed by atoms with Crippen LogP contribution in [0.1, 0.15) is 25.7 Å². The number of aliphatic hydroxyl groups is 1. The average molecular weight is 488 g/mol. The van der Waals surface area contributed by atoms with E-state index in [2.05, 4.69) is 57.7 Å². The Morgan fingerprint density at radius 2 is 1.65 bits per heavy atom. The number of aliphatic hydroxyl groups excluding tert-OH is 1. The van der Waals surface area contributed by atoms with E-state index in [4.69, 9.17) is 8.85 Å². The Labute approximate surface area is 192 Å². The predicted molar refractivity (Wildman–Crippen MR) is 135 cm³/mol. The van der Waals surface area contributed by atoms with Crippen molar-refractivity contribution in [2.24, 2.45) is 5.92 Å². The van der Waals surface area contributed by atoms with E-state index < -0.39 is 48.8 Å². The van der Waals surface area contributed by atoms with Crippen LogP contribution in [-0.2, 0) is 18.4 Å². The van der Waals surface area contributed by atoms with Gasteiger partial charge in [-0.05, 0) is 69.5 Å². The number of carbonyl (C=O) groups is 2. The minimum Gasteiger partial charge on any atom is -0.458 e. The van der Waals surface area contributed by atoms with Gasteiger partial charge < -0.3 is 19.3 Å². The Morgan fingerprint density at radius 1 is 1.03 bits per heavy atom. The first-order chi connectivity index (χ1) is 14.1. The molecule has 180 valence electrons. The van der Waals surface area contributed by atoms with Gasteiger partial charge in [-0.2, -0.15) is 0 Å². The molecular weight excluding hydrogens is 443 g/mol.